The third-order valence-corrected chi connectivity index (χ3v) is 4.85. The second-order valence-electron chi connectivity index (χ2n) is 6.42. The molecule has 3 unspecified atom stereocenters. The van der Waals surface area contributed by atoms with Crippen LogP contribution in [0.1, 0.15) is 32.6 Å². The molecule has 1 heterocycles. The van der Waals surface area contributed by atoms with Crippen LogP contribution >= 0.6 is 0 Å². The molecule has 1 aliphatic heterocycles. The van der Waals surface area contributed by atoms with Gasteiger partial charge in [0, 0.05) is 19.6 Å². The highest BCUT2D eigenvalue weighted by atomic mass is 16.4. The van der Waals surface area contributed by atoms with Crippen LogP contribution in [-0.2, 0) is 9.59 Å². The van der Waals surface area contributed by atoms with Crippen molar-refractivity contribution in [2.24, 2.45) is 23.0 Å². The van der Waals surface area contributed by atoms with E-state index in [-0.39, 0.29) is 23.8 Å². The summed E-state index contributed by atoms with van der Waals surface area (Å²) >= 11 is 0. The predicted octanol–water partition coefficient (Wildman–Crippen LogP) is 0.394. The number of hydrogen-bond acceptors (Lipinski definition) is 3. The number of carbonyl (C=O) groups excluding carboxylic acids is 2. The number of urea groups is 1. The molecule has 4 N–H and O–H groups in total. The van der Waals surface area contributed by atoms with Crippen molar-refractivity contribution >= 4 is 17.9 Å². The lowest BCUT2D eigenvalue weighted by molar-refractivity contribution is -0.142. The maximum atomic E-state index is 12.1. The standard InChI is InChI=1S/C14H23N3O4/c1-14(12(15)20)5-6-17(8-14)13(21)16-7-9-3-2-4-10(9)11(18)19/h9-10H,2-8H2,1H3,(H2,15,20)(H,16,21)(H,18,19). The number of aliphatic carboxylic acids is 1. The van der Waals surface area contributed by atoms with E-state index in [1.807, 2.05) is 0 Å². The fourth-order valence-electron chi connectivity index (χ4n) is 3.27. The van der Waals surface area contributed by atoms with Crippen LogP contribution in [0, 0.1) is 17.3 Å². The number of amides is 3. The number of carboxylic acid groups (broad SMARTS) is 1. The second kappa shape index (κ2) is 5.91. The third kappa shape index (κ3) is 3.28. The van der Waals surface area contributed by atoms with Gasteiger partial charge in [0.1, 0.15) is 0 Å². The summed E-state index contributed by atoms with van der Waals surface area (Å²) in [6.45, 7) is 2.96. The van der Waals surface area contributed by atoms with E-state index < -0.39 is 11.4 Å². The van der Waals surface area contributed by atoms with E-state index in [4.69, 9.17) is 10.8 Å². The Kier molecular flexibility index (Phi) is 4.39. The quantitative estimate of drug-likeness (QED) is 0.696. The molecule has 0 radical (unpaired) electrons. The van der Waals surface area contributed by atoms with Crippen molar-refractivity contribution in [3.05, 3.63) is 0 Å². The molecular formula is C14H23N3O4. The molecule has 0 aromatic carbocycles. The van der Waals surface area contributed by atoms with Gasteiger partial charge in [0.15, 0.2) is 0 Å². The smallest absolute Gasteiger partial charge is 0.317 e. The largest absolute Gasteiger partial charge is 0.481 e. The molecule has 3 amide bonds. The molecule has 0 aromatic heterocycles. The number of rotatable bonds is 4. The number of hydrogen-bond donors (Lipinski definition) is 3. The molecule has 0 spiro atoms. The first-order chi connectivity index (χ1) is 9.83. The zero-order chi connectivity index (χ0) is 15.6. The van der Waals surface area contributed by atoms with E-state index in [9.17, 15) is 14.4 Å². The lowest BCUT2D eigenvalue weighted by Crippen LogP contribution is -2.44. The van der Waals surface area contributed by atoms with Crippen molar-refractivity contribution < 1.29 is 19.5 Å². The topological polar surface area (TPSA) is 113 Å². The lowest BCUT2D eigenvalue weighted by Gasteiger charge is -2.23. The molecule has 0 aromatic rings. The van der Waals surface area contributed by atoms with Crippen LogP contribution in [0.4, 0.5) is 4.79 Å². The molecule has 0 bridgehead atoms. The average molecular weight is 297 g/mol. The first kappa shape index (κ1) is 15.6. The summed E-state index contributed by atoms with van der Waals surface area (Å²) in [6.07, 6.45) is 2.97. The lowest BCUT2D eigenvalue weighted by atomic mass is 9.89. The highest BCUT2D eigenvalue weighted by Crippen LogP contribution is 2.32. The van der Waals surface area contributed by atoms with Crippen molar-refractivity contribution in [3.63, 3.8) is 0 Å². The molecule has 2 rings (SSSR count). The number of primary amides is 1. The molecule has 2 fully saturated rings. The first-order valence-corrected chi connectivity index (χ1v) is 7.39. The van der Waals surface area contributed by atoms with Gasteiger partial charge in [0.05, 0.1) is 11.3 Å². The van der Waals surface area contributed by atoms with Gasteiger partial charge in [-0.2, -0.15) is 0 Å². The minimum atomic E-state index is -0.783. The fourth-order valence-corrected chi connectivity index (χ4v) is 3.27. The van der Waals surface area contributed by atoms with Crippen molar-refractivity contribution in [1.29, 1.82) is 0 Å². The van der Waals surface area contributed by atoms with Crippen molar-refractivity contribution in [3.8, 4) is 0 Å². The van der Waals surface area contributed by atoms with E-state index in [1.54, 1.807) is 11.8 Å². The van der Waals surface area contributed by atoms with Crippen molar-refractivity contribution in [2.45, 2.75) is 32.6 Å². The Morgan fingerprint density at radius 2 is 2.10 bits per heavy atom. The minimum absolute atomic E-state index is 0.00317. The summed E-state index contributed by atoms with van der Waals surface area (Å²) in [6, 6.07) is -0.240. The van der Waals surface area contributed by atoms with E-state index in [2.05, 4.69) is 5.32 Å². The molecule has 3 atom stereocenters. The van der Waals surface area contributed by atoms with Gasteiger partial charge < -0.3 is 21.1 Å². The number of carbonyl (C=O) groups is 3. The summed E-state index contributed by atoms with van der Waals surface area (Å²) in [5.74, 6) is -1.54. The van der Waals surface area contributed by atoms with Gasteiger partial charge in [0.25, 0.3) is 0 Å². The van der Waals surface area contributed by atoms with E-state index in [0.717, 1.165) is 12.8 Å². The summed E-state index contributed by atoms with van der Waals surface area (Å²) in [4.78, 5) is 36.2. The monoisotopic (exact) mass is 297 g/mol. The molecule has 21 heavy (non-hydrogen) atoms. The van der Waals surface area contributed by atoms with E-state index in [0.29, 0.717) is 32.5 Å². The Morgan fingerprint density at radius 1 is 1.38 bits per heavy atom. The zero-order valence-corrected chi connectivity index (χ0v) is 12.3. The number of likely N-dealkylation sites (tertiary alicyclic amines) is 1. The normalized spacial score (nSPS) is 32.1. The van der Waals surface area contributed by atoms with E-state index >= 15 is 0 Å². The van der Waals surface area contributed by atoms with Gasteiger partial charge in [-0.3, -0.25) is 9.59 Å². The molecule has 1 aliphatic carbocycles. The molecule has 2 aliphatic rings. The van der Waals surface area contributed by atoms with Gasteiger partial charge in [-0.25, -0.2) is 4.79 Å². The predicted molar refractivity (Wildman–Crippen MR) is 75.4 cm³/mol. The van der Waals surface area contributed by atoms with Crippen LogP contribution in [-0.4, -0.2) is 47.5 Å². The summed E-state index contributed by atoms with van der Waals surface area (Å²) in [5, 5.41) is 11.9. The maximum absolute atomic E-state index is 12.1. The highest BCUT2D eigenvalue weighted by Gasteiger charge is 2.41. The Balaban J connectivity index is 1.83. The first-order valence-electron chi connectivity index (χ1n) is 7.39. The maximum Gasteiger partial charge on any atom is 0.317 e. The Bertz CT molecular complexity index is 454. The van der Waals surface area contributed by atoms with Crippen molar-refractivity contribution in [2.75, 3.05) is 19.6 Å². The fraction of sp³-hybridized carbons (Fsp3) is 0.786. The van der Waals surface area contributed by atoms with Gasteiger partial charge >= 0.3 is 12.0 Å². The minimum Gasteiger partial charge on any atom is -0.481 e. The van der Waals surface area contributed by atoms with Crippen LogP contribution in [0.5, 0.6) is 0 Å². The average Bonchev–Trinajstić information content (AvgIpc) is 3.03. The Labute approximate surface area is 123 Å². The van der Waals surface area contributed by atoms with Crippen LogP contribution in [0.3, 0.4) is 0 Å². The van der Waals surface area contributed by atoms with Gasteiger partial charge in [-0.05, 0) is 32.1 Å². The van der Waals surface area contributed by atoms with Gasteiger partial charge in [-0.1, -0.05) is 6.42 Å². The van der Waals surface area contributed by atoms with Crippen LogP contribution in [0.25, 0.3) is 0 Å². The molecular weight excluding hydrogens is 274 g/mol. The molecule has 1 saturated heterocycles. The van der Waals surface area contributed by atoms with Gasteiger partial charge in [0.2, 0.25) is 5.91 Å². The Hall–Kier alpha value is -1.79. The molecule has 7 nitrogen and oxygen atoms in total. The zero-order valence-electron chi connectivity index (χ0n) is 12.3. The number of carboxylic acids is 1. The number of nitrogens with one attached hydrogen (secondary N) is 1. The summed E-state index contributed by atoms with van der Waals surface area (Å²) < 4.78 is 0. The van der Waals surface area contributed by atoms with Crippen molar-refractivity contribution in [1.82, 2.24) is 10.2 Å². The van der Waals surface area contributed by atoms with Crippen LogP contribution in [0.2, 0.25) is 0 Å². The van der Waals surface area contributed by atoms with Gasteiger partial charge in [-0.15, -0.1) is 0 Å². The summed E-state index contributed by atoms with van der Waals surface area (Å²) in [7, 11) is 0. The third-order valence-electron chi connectivity index (χ3n) is 4.85. The SMILES string of the molecule is CC1(C(N)=O)CCN(C(=O)NCC2CCCC2C(=O)O)C1. The second-order valence-corrected chi connectivity index (χ2v) is 6.42. The van der Waals surface area contributed by atoms with Crippen LogP contribution in [0.15, 0.2) is 0 Å². The summed E-state index contributed by atoms with van der Waals surface area (Å²) in [5.41, 5.74) is 4.70. The number of nitrogens with zero attached hydrogens (tertiary/aromatic N) is 1. The molecule has 7 heteroatoms. The highest BCUT2D eigenvalue weighted by molar-refractivity contribution is 5.83. The van der Waals surface area contributed by atoms with E-state index in [1.165, 1.54) is 0 Å². The molecule has 1 saturated carbocycles. The number of nitrogens with two attached hydrogens (primary N) is 1. The van der Waals surface area contributed by atoms with Crippen LogP contribution < -0.4 is 11.1 Å². The molecule has 118 valence electrons. The Morgan fingerprint density at radius 3 is 2.67 bits per heavy atom.